The Morgan fingerprint density at radius 3 is 2.82 bits per heavy atom. The van der Waals surface area contributed by atoms with Gasteiger partial charge in [-0.2, -0.15) is 0 Å². The summed E-state index contributed by atoms with van der Waals surface area (Å²) in [6.07, 6.45) is 8.48. The summed E-state index contributed by atoms with van der Waals surface area (Å²) in [5.41, 5.74) is 7.19. The molecule has 1 fully saturated rings. The van der Waals surface area contributed by atoms with Gasteiger partial charge in [0.25, 0.3) is 0 Å². The predicted molar refractivity (Wildman–Crippen MR) is 71.6 cm³/mol. The molecule has 1 atom stereocenters. The van der Waals surface area contributed by atoms with Crippen LogP contribution in [-0.2, 0) is 0 Å². The van der Waals surface area contributed by atoms with Gasteiger partial charge >= 0.3 is 0 Å². The zero-order valence-corrected chi connectivity index (χ0v) is 10.7. The smallest absolute Gasteiger partial charge is 0.128 e. The molecule has 17 heavy (non-hydrogen) atoms. The van der Waals surface area contributed by atoms with Gasteiger partial charge in [-0.25, -0.2) is 4.98 Å². The Bertz CT molecular complexity index is 345. The maximum absolute atomic E-state index is 6.01. The van der Waals surface area contributed by atoms with Crippen molar-refractivity contribution < 1.29 is 0 Å². The number of hydrogen-bond acceptors (Lipinski definition) is 3. The average molecular weight is 233 g/mol. The van der Waals surface area contributed by atoms with Crippen LogP contribution in [0.25, 0.3) is 0 Å². The van der Waals surface area contributed by atoms with Crippen LogP contribution >= 0.6 is 0 Å². The highest BCUT2D eigenvalue weighted by atomic mass is 14.9. The van der Waals surface area contributed by atoms with E-state index in [1.165, 1.54) is 37.7 Å². The lowest BCUT2D eigenvalue weighted by Crippen LogP contribution is -2.30. The van der Waals surface area contributed by atoms with E-state index in [9.17, 15) is 0 Å². The lowest BCUT2D eigenvalue weighted by atomic mass is 9.81. The molecule has 3 N–H and O–H groups in total. The van der Waals surface area contributed by atoms with Crippen LogP contribution in [0.5, 0.6) is 0 Å². The fourth-order valence-corrected chi connectivity index (χ4v) is 2.91. The molecule has 0 amide bonds. The fraction of sp³-hybridized carbons (Fsp3) is 0.643. The van der Waals surface area contributed by atoms with E-state index in [0.29, 0.717) is 11.9 Å². The second-order valence-electron chi connectivity index (χ2n) is 4.91. The van der Waals surface area contributed by atoms with Gasteiger partial charge in [0, 0.05) is 17.8 Å². The summed E-state index contributed by atoms with van der Waals surface area (Å²) in [5.74, 6) is 1.40. The van der Waals surface area contributed by atoms with Gasteiger partial charge < -0.3 is 11.1 Å². The number of pyridine rings is 1. The zero-order chi connectivity index (χ0) is 12.1. The largest absolute Gasteiger partial charge is 0.383 e. The molecule has 2 rings (SSSR count). The Hall–Kier alpha value is -1.09. The minimum atomic E-state index is 0.383. The molecule has 1 aromatic heterocycles. The number of anilines is 1. The lowest BCUT2D eigenvalue weighted by Gasteiger charge is -2.31. The molecule has 1 heterocycles. The standard InChI is InChI=1S/C14H23N3/c1-2-16-13(11-7-4-3-5-8-11)12-9-6-10-17-14(12)15/h6,9-11,13,16H,2-5,7-8H2,1H3,(H2,15,17). The summed E-state index contributed by atoms with van der Waals surface area (Å²) < 4.78 is 0. The summed E-state index contributed by atoms with van der Waals surface area (Å²) in [6, 6.07) is 4.48. The van der Waals surface area contributed by atoms with E-state index in [4.69, 9.17) is 5.73 Å². The lowest BCUT2D eigenvalue weighted by molar-refractivity contribution is 0.274. The highest BCUT2D eigenvalue weighted by Crippen LogP contribution is 2.35. The molecule has 94 valence electrons. The normalized spacial score (nSPS) is 19.1. The molecule has 0 saturated heterocycles. The van der Waals surface area contributed by atoms with Crippen molar-refractivity contribution in [2.45, 2.75) is 45.1 Å². The highest BCUT2D eigenvalue weighted by Gasteiger charge is 2.25. The minimum absolute atomic E-state index is 0.383. The first-order valence-electron chi connectivity index (χ1n) is 6.76. The third-order valence-electron chi connectivity index (χ3n) is 3.75. The third kappa shape index (κ3) is 2.97. The second kappa shape index (κ2) is 6.01. The van der Waals surface area contributed by atoms with E-state index < -0.39 is 0 Å². The van der Waals surface area contributed by atoms with E-state index in [1.54, 1.807) is 6.20 Å². The van der Waals surface area contributed by atoms with Gasteiger partial charge in [0.15, 0.2) is 0 Å². The monoisotopic (exact) mass is 233 g/mol. The summed E-state index contributed by atoms with van der Waals surface area (Å²) in [7, 11) is 0. The van der Waals surface area contributed by atoms with Crippen LogP contribution in [0.4, 0.5) is 5.82 Å². The van der Waals surface area contributed by atoms with Crippen molar-refractivity contribution in [2.75, 3.05) is 12.3 Å². The van der Waals surface area contributed by atoms with E-state index in [2.05, 4.69) is 23.3 Å². The second-order valence-corrected chi connectivity index (χ2v) is 4.91. The van der Waals surface area contributed by atoms with E-state index in [1.807, 2.05) is 6.07 Å². The summed E-state index contributed by atoms with van der Waals surface area (Å²) >= 11 is 0. The maximum atomic E-state index is 6.01. The van der Waals surface area contributed by atoms with Crippen LogP contribution in [0, 0.1) is 5.92 Å². The molecule has 0 radical (unpaired) electrons. The Labute approximate surface area is 104 Å². The molecule has 3 nitrogen and oxygen atoms in total. The Morgan fingerprint density at radius 2 is 2.18 bits per heavy atom. The fourth-order valence-electron chi connectivity index (χ4n) is 2.91. The zero-order valence-electron chi connectivity index (χ0n) is 10.7. The molecule has 0 bridgehead atoms. The van der Waals surface area contributed by atoms with Crippen LogP contribution in [-0.4, -0.2) is 11.5 Å². The van der Waals surface area contributed by atoms with Crippen LogP contribution in [0.1, 0.15) is 50.6 Å². The van der Waals surface area contributed by atoms with Crippen molar-refractivity contribution in [2.24, 2.45) is 5.92 Å². The van der Waals surface area contributed by atoms with Crippen LogP contribution in [0.2, 0.25) is 0 Å². The van der Waals surface area contributed by atoms with Crippen molar-refractivity contribution in [1.29, 1.82) is 0 Å². The number of nitrogens with two attached hydrogens (primary N) is 1. The first kappa shape index (κ1) is 12.4. The minimum Gasteiger partial charge on any atom is -0.383 e. The summed E-state index contributed by atoms with van der Waals surface area (Å²) in [4.78, 5) is 4.21. The quantitative estimate of drug-likeness (QED) is 0.840. The number of hydrogen-bond donors (Lipinski definition) is 2. The molecule has 0 aliphatic heterocycles. The topological polar surface area (TPSA) is 50.9 Å². The van der Waals surface area contributed by atoms with Crippen LogP contribution in [0.15, 0.2) is 18.3 Å². The van der Waals surface area contributed by atoms with Gasteiger partial charge in [-0.1, -0.05) is 32.3 Å². The molecular formula is C14H23N3. The van der Waals surface area contributed by atoms with Gasteiger partial charge in [-0.05, 0) is 31.4 Å². The van der Waals surface area contributed by atoms with Crippen molar-refractivity contribution in [3.8, 4) is 0 Å². The average Bonchev–Trinajstić information content (AvgIpc) is 2.38. The molecular weight excluding hydrogens is 210 g/mol. The number of nitrogens with one attached hydrogen (secondary N) is 1. The first-order valence-corrected chi connectivity index (χ1v) is 6.76. The Kier molecular flexibility index (Phi) is 4.37. The van der Waals surface area contributed by atoms with Crippen molar-refractivity contribution in [1.82, 2.24) is 10.3 Å². The third-order valence-corrected chi connectivity index (χ3v) is 3.75. The molecule has 1 aliphatic carbocycles. The van der Waals surface area contributed by atoms with Crippen LogP contribution in [0.3, 0.4) is 0 Å². The molecule has 0 spiro atoms. The maximum Gasteiger partial charge on any atom is 0.128 e. The molecule has 1 unspecified atom stereocenters. The van der Waals surface area contributed by atoms with E-state index in [0.717, 1.165) is 12.5 Å². The van der Waals surface area contributed by atoms with Gasteiger partial charge in [-0.3, -0.25) is 0 Å². The van der Waals surface area contributed by atoms with Gasteiger partial charge in [0.1, 0.15) is 5.82 Å². The molecule has 1 saturated carbocycles. The number of nitrogen functional groups attached to an aromatic ring is 1. The Balaban J connectivity index is 2.18. The number of rotatable bonds is 4. The van der Waals surface area contributed by atoms with Crippen molar-refractivity contribution in [3.63, 3.8) is 0 Å². The SMILES string of the molecule is CCNC(c1cccnc1N)C1CCCCC1. The molecule has 0 aromatic carbocycles. The molecule has 1 aromatic rings. The molecule has 3 heteroatoms. The van der Waals surface area contributed by atoms with Crippen molar-refractivity contribution >= 4 is 5.82 Å². The number of nitrogens with zero attached hydrogens (tertiary/aromatic N) is 1. The van der Waals surface area contributed by atoms with Gasteiger partial charge in [0.2, 0.25) is 0 Å². The van der Waals surface area contributed by atoms with Crippen molar-refractivity contribution in [3.05, 3.63) is 23.9 Å². The van der Waals surface area contributed by atoms with E-state index in [-0.39, 0.29) is 0 Å². The highest BCUT2D eigenvalue weighted by molar-refractivity contribution is 5.41. The van der Waals surface area contributed by atoms with Crippen LogP contribution < -0.4 is 11.1 Å². The first-order chi connectivity index (χ1) is 8.33. The van der Waals surface area contributed by atoms with Gasteiger partial charge in [0.05, 0.1) is 0 Å². The molecule has 1 aliphatic rings. The predicted octanol–water partition coefficient (Wildman–Crippen LogP) is 2.89. The number of aromatic nitrogens is 1. The van der Waals surface area contributed by atoms with Gasteiger partial charge in [-0.15, -0.1) is 0 Å². The Morgan fingerprint density at radius 1 is 1.41 bits per heavy atom. The van der Waals surface area contributed by atoms with E-state index >= 15 is 0 Å². The summed E-state index contributed by atoms with van der Waals surface area (Å²) in [6.45, 7) is 3.14. The summed E-state index contributed by atoms with van der Waals surface area (Å²) in [5, 5.41) is 3.59.